The van der Waals surface area contributed by atoms with Crippen LogP contribution in [0.2, 0.25) is 0 Å². The van der Waals surface area contributed by atoms with Crippen molar-refractivity contribution in [3.05, 3.63) is 42.5 Å². The molecule has 18 heavy (non-hydrogen) atoms. The van der Waals surface area contributed by atoms with E-state index in [4.69, 9.17) is 5.73 Å². The fourth-order valence-corrected chi connectivity index (χ4v) is 2.71. The predicted octanol–water partition coefficient (Wildman–Crippen LogP) is 2.17. The Morgan fingerprint density at radius 2 is 1.67 bits per heavy atom. The Morgan fingerprint density at radius 3 is 2.28 bits per heavy atom. The molecule has 0 fully saturated rings. The molecule has 0 aliphatic carbocycles. The van der Waals surface area contributed by atoms with E-state index in [0.717, 1.165) is 5.39 Å². The van der Waals surface area contributed by atoms with Gasteiger partial charge in [0.25, 0.3) is 0 Å². The van der Waals surface area contributed by atoms with Crippen molar-refractivity contribution in [2.45, 2.75) is 10.2 Å². The zero-order valence-corrected chi connectivity index (χ0v) is 10.1. The van der Waals surface area contributed by atoms with E-state index in [1.165, 1.54) is 18.2 Å². The van der Waals surface area contributed by atoms with Crippen LogP contribution in [0.1, 0.15) is 0 Å². The summed E-state index contributed by atoms with van der Waals surface area (Å²) in [6.07, 6.45) is 0. The van der Waals surface area contributed by atoms with Crippen LogP contribution in [0.5, 0.6) is 0 Å². The Hall–Kier alpha value is -1.53. The van der Waals surface area contributed by atoms with Crippen LogP contribution in [0.3, 0.4) is 0 Å². The lowest BCUT2D eigenvalue weighted by atomic mass is 10.1. The average molecular weight is 271 g/mol. The van der Waals surface area contributed by atoms with Crippen LogP contribution < -0.4 is 5.73 Å². The summed E-state index contributed by atoms with van der Waals surface area (Å²) in [7, 11) is -4.74. The van der Waals surface area contributed by atoms with Crippen molar-refractivity contribution in [1.82, 2.24) is 0 Å². The number of benzene rings is 2. The summed E-state index contributed by atoms with van der Waals surface area (Å²) in [5, 5.41) is -2.57. The molecule has 0 bridgehead atoms. The van der Waals surface area contributed by atoms with E-state index in [0.29, 0.717) is 5.39 Å². The van der Waals surface area contributed by atoms with Gasteiger partial charge >= 0.3 is 5.25 Å². The van der Waals surface area contributed by atoms with Crippen molar-refractivity contribution in [3.63, 3.8) is 0 Å². The molecule has 2 aromatic rings. The number of sulfone groups is 1. The molecule has 0 saturated carbocycles. The molecule has 3 nitrogen and oxygen atoms in total. The van der Waals surface area contributed by atoms with Crippen molar-refractivity contribution >= 4 is 20.6 Å². The standard InChI is InChI=1S/C12H11F2NO2S/c13-12(14,8-15)18(16,17)11-6-5-9-3-1-2-4-10(9)7-11/h1-7H,8,15H2. The Balaban J connectivity index is 2.62. The second-order valence-electron chi connectivity index (χ2n) is 3.85. The lowest BCUT2D eigenvalue weighted by Gasteiger charge is -2.15. The maximum absolute atomic E-state index is 13.3. The molecule has 0 unspecified atom stereocenters. The van der Waals surface area contributed by atoms with Crippen LogP contribution in [-0.2, 0) is 9.84 Å². The minimum atomic E-state index is -4.74. The van der Waals surface area contributed by atoms with Gasteiger partial charge in [-0.3, -0.25) is 0 Å². The van der Waals surface area contributed by atoms with E-state index in [9.17, 15) is 17.2 Å². The van der Waals surface area contributed by atoms with Crippen LogP contribution in [0, 0.1) is 0 Å². The molecule has 0 aromatic heterocycles. The van der Waals surface area contributed by atoms with E-state index < -0.39 is 26.5 Å². The van der Waals surface area contributed by atoms with E-state index in [2.05, 4.69) is 0 Å². The van der Waals surface area contributed by atoms with Gasteiger partial charge in [0.1, 0.15) is 0 Å². The molecule has 0 spiro atoms. The minimum Gasteiger partial charge on any atom is -0.324 e. The number of hydrogen-bond acceptors (Lipinski definition) is 3. The summed E-state index contributed by atoms with van der Waals surface area (Å²) >= 11 is 0. The van der Waals surface area contributed by atoms with Crippen molar-refractivity contribution < 1.29 is 17.2 Å². The van der Waals surface area contributed by atoms with Crippen molar-refractivity contribution in [2.24, 2.45) is 5.73 Å². The molecule has 2 aromatic carbocycles. The molecule has 6 heteroatoms. The number of fused-ring (bicyclic) bond motifs is 1. The van der Waals surface area contributed by atoms with Crippen LogP contribution >= 0.6 is 0 Å². The number of halogens is 2. The highest BCUT2D eigenvalue weighted by Gasteiger charge is 2.44. The Kier molecular flexibility index (Phi) is 3.08. The molecule has 2 N–H and O–H groups in total. The molecule has 0 aliphatic heterocycles. The third kappa shape index (κ3) is 1.97. The summed E-state index contributed by atoms with van der Waals surface area (Å²) in [5.74, 6) is 0. The summed E-state index contributed by atoms with van der Waals surface area (Å²) in [6, 6.07) is 10.8. The number of alkyl halides is 2. The second-order valence-corrected chi connectivity index (χ2v) is 5.93. The third-order valence-corrected chi connectivity index (χ3v) is 4.49. The fraction of sp³-hybridized carbons (Fsp3) is 0.167. The molecular formula is C12H11F2NO2S. The normalized spacial score (nSPS) is 12.8. The van der Waals surface area contributed by atoms with Crippen molar-refractivity contribution in [2.75, 3.05) is 6.54 Å². The summed E-state index contributed by atoms with van der Waals surface area (Å²) < 4.78 is 50.0. The van der Waals surface area contributed by atoms with E-state index in [-0.39, 0.29) is 0 Å². The second kappa shape index (κ2) is 4.29. The maximum Gasteiger partial charge on any atom is 0.361 e. The zero-order chi connectivity index (χ0) is 13.4. The van der Waals surface area contributed by atoms with E-state index in [1.807, 2.05) is 0 Å². The monoisotopic (exact) mass is 271 g/mol. The molecule has 2 rings (SSSR count). The largest absolute Gasteiger partial charge is 0.361 e. The fourth-order valence-electron chi connectivity index (χ4n) is 1.62. The first-order valence-corrected chi connectivity index (χ1v) is 6.68. The zero-order valence-electron chi connectivity index (χ0n) is 9.31. The summed E-state index contributed by atoms with van der Waals surface area (Å²) in [4.78, 5) is -0.420. The van der Waals surface area contributed by atoms with Gasteiger partial charge in [-0.25, -0.2) is 8.42 Å². The first kappa shape index (κ1) is 12.9. The Labute approximate surface area is 103 Å². The molecule has 0 radical (unpaired) electrons. The number of rotatable bonds is 3. The molecule has 0 aliphatic rings. The molecule has 0 atom stereocenters. The molecular weight excluding hydrogens is 260 g/mol. The number of nitrogens with two attached hydrogens (primary N) is 1. The highest BCUT2D eigenvalue weighted by atomic mass is 32.2. The van der Waals surface area contributed by atoms with Crippen molar-refractivity contribution in [3.8, 4) is 0 Å². The first-order chi connectivity index (χ1) is 8.38. The third-order valence-electron chi connectivity index (χ3n) is 2.66. The van der Waals surface area contributed by atoms with Crippen LogP contribution in [-0.4, -0.2) is 20.2 Å². The van der Waals surface area contributed by atoms with Gasteiger partial charge in [-0.2, -0.15) is 8.78 Å². The molecule has 0 saturated heterocycles. The van der Waals surface area contributed by atoms with E-state index in [1.54, 1.807) is 24.3 Å². The van der Waals surface area contributed by atoms with Gasteiger partial charge < -0.3 is 5.73 Å². The van der Waals surface area contributed by atoms with Gasteiger partial charge in [-0.15, -0.1) is 0 Å². The van der Waals surface area contributed by atoms with Gasteiger partial charge in [0.2, 0.25) is 9.84 Å². The van der Waals surface area contributed by atoms with Crippen molar-refractivity contribution in [1.29, 1.82) is 0 Å². The Bertz CT molecular complexity index is 683. The SMILES string of the molecule is NCC(F)(F)S(=O)(=O)c1ccc2ccccc2c1. The Morgan fingerprint density at radius 1 is 1.06 bits per heavy atom. The number of hydrogen-bond donors (Lipinski definition) is 1. The van der Waals surface area contributed by atoms with Gasteiger partial charge in [-0.05, 0) is 22.9 Å². The smallest absolute Gasteiger partial charge is 0.324 e. The van der Waals surface area contributed by atoms with Crippen LogP contribution in [0.4, 0.5) is 8.78 Å². The highest BCUT2D eigenvalue weighted by Crippen LogP contribution is 2.29. The van der Waals surface area contributed by atoms with E-state index >= 15 is 0 Å². The van der Waals surface area contributed by atoms with Crippen LogP contribution in [0.25, 0.3) is 10.8 Å². The summed E-state index contributed by atoms with van der Waals surface area (Å²) in [6.45, 7) is -1.23. The summed E-state index contributed by atoms with van der Waals surface area (Å²) in [5.41, 5.74) is 4.81. The van der Waals surface area contributed by atoms with Crippen LogP contribution in [0.15, 0.2) is 47.4 Å². The van der Waals surface area contributed by atoms with Gasteiger partial charge in [0.15, 0.2) is 0 Å². The quantitative estimate of drug-likeness (QED) is 0.930. The van der Waals surface area contributed by atoms with Gasteiger partial charge in [0, 0.05) is 0 Å². The van der Waals surface area contributed by atoms with Gasteiger partial charge in [0.05, 0.1) is 11.4 Å². The lowest BCUT2D eigenvalue weighted by Crippen LogP contribution is -2.36. The maximum atomic E-state index is 13.3. The van der Waals surface area contributed by atoms with Gasteiger partial charge in [-0.1, -0.05) is 30.3 Å². The topological polar surface area (TPSA) is 60.2 Å². The molecule has 96 valence electrons. The predicted molar refractivity (Wildman–Crippen MR) is 65.1 cm³/mol. The molecule has 0 amide bonds. The lowest BCUT2D eigenvalue weighted by molar-refractivity contribution is 0.102. The highest BCUT2D eigenvalue weighted by molar-refractivity contribution is 7.92. The average Bonchev–Trinajstić information content (AvgIpc) is 2.37. The first-order valence-electron chi connectivity index (χ1n) is 5.20. The molecule has 0 heterocycles. The minimum absolute atomic E-state index is 0.420.